The van der Waals surface area contributed by atoms with Gasteiger partial charge in [0.15, 0.2) is 0 Å². The number of aromatic nitrogens is 2. The largest absolute Gasteiger partial charge is 0.270 e. The predicted octanol–water partition coefficient (Wildman–Crippen LogP) is 5.01. The zero-order valence-corrected chi connectivity index (χ0v) is 14.1. The van der Waals surface area contributed by atoms with E-state index in [9.17, 15) is 4.79 Å². The summed E-state index contributed by atoms with van der Waals surface area (Å²) in [5, 5.41) is 4.75. The van der Waals surface area contributed by atoms with Crippen LogP contribution < -0.4 is 0 Å². The fraction of sp³-hybridized carbons (Fsp3) is 0.400. The van der Waals surface area contributed by atoms with Crippen molar-refractivity contribution in [1.82, 2.24) is 9.78 Å². The van der Waals surface area contributed by atoms with Gasteiger partial charge in [-0.05, 0) is 30.8 Å². The SMILES string of the molecule is C=CC(=O)n1nc2c(c1-c1ccccc1)[C@H](C)CC[C@H]2C(C)C. The summed E-state index contributed by atoms with van der Waals surface area (Å²) in [5.41, 5.74) is 4.35. The summed E-state index contributed by atoms with van der Waals surface area (Å²) in [7, 11) is 0. The van der Waals surface area contributed by atoms with Crippen LogP contribution in [-0.2, 0) is 0 Å². The van der Waals surface area contributed by atoms with Crippen molar-refractivity contribution in [2.75, 3.05) is 0 Å². The Labute approximate surface area is 138 Å². The van der Waals surface area contributed by atoms with E-state index in [2.05, 4.69) is 39.5 Å². The second-order valence-corrected chi connectivity index (χ2v) is 6.80. The summed E-state index contributed by atoms with van der Waals surface area (Å²) in [6.07, 6.45) is 3.63. The molecule has 2 aromatic rings. The van der Waals surface area contributed by atoms with Gasteiger partial charge in [-0.1, -0.05) is 57.7 Å². The number of rotatable bonds is 3. The Morgan fingerprint density at radius 2 is 2.00 bits per heavy atom. The zero-order valence-electron chi connectivity index (χ0n) is 14.1. The first kappa shape index (κ1) is 15.7. The average Bonchev–Trinajstić information content (AvgIpc) is 2.96. The van der Waals surface area contributed by atoms with Gasteiger partial charge in [0, 0.05) is 17.0 Å². The van der Waals surface area contributed by atoms with Crippen LogP contribution in [0.3, 0.4) is 0 Å². The number of hydrogen-bond acceptors (Lipinski definition) is 2. The molecule has 3 rings (SSSR count). The molecule has 23 heavy (non-hydrogen) atoms. The third-order valence-corrected chi connectivity index (χ3v) is 4.94. The van der Waals surface area contributed by atoms with E-state index in [1.54, 1.807) is 4.68 Å². The smallest absolute Gasteiger partial charge is 0.267 e. The standard InChI is InChI=1S/C20H24N2O/c1-5-17(23)22-20(15-9-7-6-8-10-15)18-14(4)11-12-16(13(2)3)19(18)21-22/h5-10,13-14,16H,1,11-12H2,2-4H3/t14-,16+/m1/s1. The predicted molar refractivity (Wildman–Crippen MR) is 93.7 cm³/mol. The Morgan fingerprint density at radius 3 is 2.61 bits per heavy atom. The van der Waals surface area contributed by atoms with Crippen molar-refractivity contribution in [2.24, 2.45) is 5.92 Å². The molecule has 0 amide bonds. The highest BCUT2D eigenvalue weighted by molar-refractivity contribution is 5.92. The summed E-state index contributed by atoms with van der Waals surface area (Å²) in [6.45, 7) is 10.4. The van der Waals surface area contributed by atoms with Gasteiger partial charge < -0.3 is 0 Å². The molecule has 0 saturated carbocycles. The molecule has 0 bridgehead atoms. The summed E-state index contributed by atoms with van der Waals surface area (Å²) < 4.78 is 1.56. The minimum absolute atomic E-state index is 0.159. The first-order valence-electron chi connectivity index (χ1n) is 8.39. The number of fused-ring (bicyclic) bond motifs is 1. The van der Waals surface area contributed by atoms with Crippen LogP contribution in [0, 0.1) is 5.92 Å². The molecule has 0 saturated heterocycles. The van der Waals surface area contributed by atoms with Crippen molar-refractivity contribution >= 4 is 5.91 Å². The number of carbonyl (C=O) groups is 1. The van der Waals surface area contributed by atoms with Crippen LogP contribution in [-0.4, -0.2) is 15.7 Å². The number of carbonyl (C=O) groups excluding carboxylic acids is 1. The fourth-order valence-corrected chi connectivity index (χ4v) is 3.69. The quantitative estimate of drug-likeness (QED) is 0.747. The fourth-order valence-electron chi connectivity index (χ4n) is 3.69. The van der Waals surface area contributed by atoms with Crippen LogP contribution in [0.4, 0.5) is 0 Å². The highest BCUT2D eigenvalue weighted by Crippen LogP contribution is 2.45. The van der Waals surface area contributed by atoms with Crippen LogP contribution in [0.5, 0.6) is 0 Å². The molecule has 1 aromatic carbocycles. The molecule has 0 aliphatic heterocycles. The minimum atomic E-state index is -0.159. The van der Waals surface area contributed by atoms with Crippen LogP contribution in [0.2, 0.25) is 0 Å². The monoisotopic (exact) mass is 308 g/mol. The topological polar surface area (TPSA) is 34.9 Å². The Morgan fingerprint density at radius 1 is 1.30 bits per heavy atom. The van der Waals surface area contributed by atoms with Gasteiger partial charge in [0.05, 0.1) is 11.4 Å². The van der Waals surface area contributed by atoms with Crippen LogP contribution >= 0.6 is 0 Å². The van der Waals surface area contributed by atoms with Gasteiger partial charge in [0.2, 0.25) is 0 Å². The van der Waals surface area contributed by atoms with Crippen molar-refractivity contribution < 1.29 is 4.79 Å². The Hall–Kier alpha value is -2.16. The highest BCUT2D eigenvalue weighted by atomic mass is 16.2. The molecule has 120 valence electrons. The summed E-state index contributed by atoms with van der Waals surface area (Å²) in [4.78, 5) is 12.4. The van der Waals surface area contributed by atoms with Gasteiger partial charge >= 0.3 is 0 Å². The molecule has 3 heteroatoms. The molecule has 2 atom stereocenters. The first-order chi connectivity index (χ1) is 11.0. The van der Waals surface area contributed by atoms with Crippen molar-refractivity contribution in [3.8, 4) is 11.3 Å². The van der Waals surface area contributed by atoms with E-state index in [1.165, 1.54) is 11.6 Å². The molecule has 1 aliphatic rings. The van der Waals surface area contributed by atoms with Gasteiger partial charge in [0.25, 0.3) is 5.91 Å². The van der Waals surface area contributed by atoms with Crippen molar-refractivity contribution in [2.45, 2.75) is 45.4 Å². The van der Waals surface area contributed by atoms with E-state index >= 15 is 0 Å². The van der Waals surface area contributed by atoms with E-state index in [0.29, 0.717) is 17.8 Å². The van der Waals surface area contributed by atoms with Crippen molar-refractivity contribution in [1.29, 1.82) is 0 Å². The van der Waals surface area contributed by atoms with Gasteiger partial charge in [0.1, 0.15) is 0 Å². The lowest BCUT2D eigenvalue weighted by Gasteiger charge is -2.28. The molecule has 0 fully saturated rings. The summed E-state index contributed by atoms with van der Waals surface area (Å²) in [5.74, 6) is 1.20. The molecule has 0 radical (unpaired) electrons. The normalized spacial score (nSPS) is 20.3. The number of benzene rings is 1. The molecular formula is C20H24N2O. The highest BCUT2D eigenvalue weighted by Gasteiger charge is 2.34. The second-order valence-electron chi connectivity index (χ2n) is 6.80. The average molecular weight is 308 g/mol. The van der Waals surface area contributed by atoms with Gasteiger partial charge in [-0.2, -0.15) is 9.78 Å². The van der Waals surface area contributed by atoms with E-state index in [0.717, 1.165) is 29.8 Å². The molecule has 0 unspecified atom stereocenters. The second kappa shape index (κ2) is 6.15. The third-order valence-electron chi connectivity index (χ3n) is 4.94. The molecule has 1 heterocycles. The maximum atomic E-state index is 12.4. The lowest BCUT2D eigenvalue weighted by molar-refractivity contribution is 0.0955. The molecule has 3 nitrogen and oxygen atoms in total. The van der Waals surface area contributed by atoms with Crippen LogP contribution in [0.1, 0.15) is 61.5 Å². The number of allylic oxidation sites excluding steroid dienone is 1. The first-order valence-corrected chi connectivity index (χ1v) is 8.39. The van der Waals surface area contributed by atoms with E-state index in [1.807, 2.05) is 18.2 Å². The Balaban J connectivity index is 2.28. The molecule has 1 aliphatic carbocycles. The van der Waals surface area contributed by atoms with Crippen molar-refractivity contribution in [3.05, 3.63) is 54.2 Å². The van der Waals surface area contributed by atoms with Gasteiger partial charge in [-0.25, -0.2) is 0 Å². The van der Waals surface area contributed by atoms with Crippen molar-refractivity contribution in [3.63, 3.8) is 0 Å². The maximum absolute atomic E-state index is 12.4. The minimum Gasteiger partial charge on any atom is -0.267 e. The molecule has 0 spiro atoms. The van der Waals surface area contributed by atoms with Crippen LogP contribution in [0.25, 0.3) is 11.3 Å². The Bertz CT molecular complexity index is 728. The summed E-state index contributed by atoms with van der Waals surface area (Å²) >= 11 is 0. The van der Waals surface area contributed by atoms with Gasteiger partial charge in [-0.3, -0.25) is 4.79 Å². The number of hydrogen-bond donors (Lipinski definition) is 0. The molecule has 1 aromatic heterocycles. The number of nitrogens with zero attached hydrogens (tertiary/aromatic N) is 2. The van der Waals surface area contributed by atoms with Crippen LogP contribution in [0.15, 0.2) is 43.0 Å². The zero-order chi connectivity index (χ0) is 16.6. The van der Waals surface area contributed by atoms with E-state index in [4.69, 9.17) is 5.10 Å². The third kappa shape index (κ3) is 2.65. The van der Waals surface area contributed by atoms with E-state index in [-0.39, 0.29) is 5.91 Å². The Kier molecular flexibility index (Phi) is 4.20. The lowest BCUT2D eigenvalue weighted by Crippen LogP contribution is -2.17. The van der Waals surface area contributed by atoms with E-state index < -0.39 is 0 Å². The summed E-state index contributed by atoms with van der Waals surface area (Å²) in [6, 6.07) is 10.1. The maximum Gasteiger partial charge on any atom is 0.270 e. The molecular weight excluding hydrogens is 284 g/mol. The lowest BCUT2D eigenvalue weighted by atomic mass is 9.75. The molecule has 0 N–H and O–H groups in total. The van der Waals surface area contributed by atoms with Gasteiger partial charge in [-0.15, -0.1) is 0 Å².